The predicted octanol–water partition coefficient (Wildman–Crippen LogP) is 4.64. The summed E-state index contributed by atoms with van der Waals surface area (Å²) in [6, 6.07) is 14.9. The van der Waals surface area contributed by atoms with Gasteiger partial charge in [-0.1, -0.05) is 12.1 Å². The molecule has 0 atom stereocenters. The molecule has 1 aliphatic heterocycles. The Labute approximate surface area is 173 Å². The zero-order chi connectivity index (χ0) is 19.9. The molecule has 1 fully saturated rings. The van der Waals surface area contributed by atoms with E-state index < -0.39 is 0 Å². The van der Waals surface area contributed by atoms with Crippen LogP contribution in [0.2, 0.25) is 0 Å². The van der Waals surface area contributed by atoms with Crippen LogP contribution in [0.15, 0.2) is 61.1 Å². The third kappa shape index (κ3) is 2.88. The molecular formula is C24H22N6. The number of nitrogens with zero attached hydrogens (tertiary/aromatic N) is 3. The Morgan fingerprint density at radius 3 is 2.73 bits per heavy atom. The zero-order valence-electron chi connectivity index (χ0n) is 16.5. The molecular weight excluding hydrogens is 372 g/mol. The fraction of sp³-hybridized carbons (Fsp3) is 0.208. The third-order valence-corrected chi connectivity index (χ3v) is 6.16. The molecule has 3 N–H and O–H groups in total. The van der Waals surface area contributed by atoms with Crippen molar-refractivity contribution in [2.24, 2.45) is 0 Å². The highest BCUT2D eigenvalue weighted by molar-refractivity contribution is 5.99. The number of hydrogen-bond acceptors (Lipinski definition) is 4. The number of hydrogen-bond donors (Lipinski definition) is 3. The number of fused-ring (bicyclic) bond motifs is 2. The number of pyridine rings is 2. The van der Waals surface area contributed by atoms with Gasteiger partial charge in [0.15, 0.2) is 0 Å². The Hall–Kier alpha value is -3.51. The van der Waals surface area contributed by atoms with Gasteiger partial charge in [0.2, 0.25) is 0 Å². The molecule has 1 aliphatic rings. The predicted molar refractivity (Wildman–Crippen MR) is 119 cm³/mol. The Morgan fingerprint density at radius 1 is 0.933 bits per heavy atom. The summed E-state index contributed by atoms with van der Waals surface area (Å²) in [5, 5.41) is 13.5. The molecule has 1 aromatic carbocycles. The molecule has 0 amide bonds. The fourth-order valence-electron chi connectivity index (χ4n) is 4.57. The first-order chi connectivity index (χ1) is 14.9. The molecule has 4 aromatic heterocycles. The van der Waals surface area contributed by atoms with Crippen molar-refractivity contribution < 1.29 is 0 Å². The van der Waals surface area contributed by atoms with E-state index in [0.29, 0.717) is 5.92 Å². The highest BCUT2D eigenvalue weighted by atomic mass is 15.1. The molecule has 148 valence electrons. The molecule has 5 heterocycles. The minimum absolute atomic E-state index is 0.611. The standard InChI is InChI=1S/C24H22N6/c1-2-17(14-26-8-1)18-7-11-27-24-19(18)13-22(28-24)23-20-12-16(3-4-21(20)29-30-23)15-5-9-25-10-6-15/h1-4,7-8,11-15,25H,5-6,9-10H2,(H,27,28)(H,29,30). The van der Waals surface area contributed by atoms with Gasteiger partial charge in [0.1, 0.15) is 11.3 Å². The second-order valence-corrected chi connectivity index (χ2v) is 7.95. The molecule has 0 aliphatic carbocycles. The summed E-state index contributed by atoms with van der Waals surface area (Å²) in [6.45, 7) is 2.18. The first kappa shape index (κ1) is 17.4. The second kappa shape index (κ2) is 7.07. The lowest BCUT2D eigenvalue weighted by Crippen LogP contribution is -2.26. The molecule has 0 bridgehead atoms. The third-order valence-electron chi connectivity index (χ3n) is 6.16. The van der Waals surface area contributed by atoms with Gasteiger partial charge in [-0.05, 0) is 73.3 Å². The molecule has 6 rings (SSSR count). The number of rotatable bonds is 3. The van der Waals surface area contributed by atoms with Crippen LogP contribution in [0.1, 0.15) is 24.3 Å². The van der Waals surface area contributed by atoms with Crippen LogP contribution in [0.3, 0.4) is 0 Å². The van der Waals surface area contributed by atoms with E-state index in [-0.39, 0.29) is 0 Å². The van der Waals surface area contributed by atoms with Gasteiger partial charge in [-0.25, -0.2) is 4.98 Å². The first-order valence-corrected chi connectivity index (χ1v) is 10.4. The normalized spacial score (nSPS) is 15.2. The molecule has 6 nitrogen and oxygen atoms in total. The summed E-state index contributed by atoms with van der Waals surface area (Å²) < 4.78 is 0. The number of aromatic amines is 2. The van der Waals surface area contributed by atoms with Gasteiger partial charge in [0.05, 0.1) is 11.2 Å². The molecule has 0 unspecified atom stereocenters. The number of aromatic nitrogens is 5. The minimum atomic E-state index is 0.611. The Bertz CT molecular complexity index is 1330. The zero-order valence-corrected chi connectivity index (χ0v) is 16.5. The van der Waals surface area contributed by atoms with Gasteiger partial charge in [0, 0.05) is 34.9 Å². The molecule has 1 saturated heterocycles. The largest absolute Gasteiger partial charge is 0.338 e. The average molecular weight is 394 g/mol. The Kier molecular flexibility index (Phi) is 4.09. The fourth-order valence-corrected chi connectivity index (χ4v) is 4.57. The van der Waals surface area contributed by atoms with Crippen molar-refractivity contribution in [2.75, 3.05) is 13.1 Å². The van der Waals surface area contributed by atoms with E-state index in [2.05, 4.69) is 60.8 Å². The maximum Gasteiger partial charge on any atom is 0.138 e. The Morgan fingerprint density at radius 2 is 1.87 bits per heavy atom. The highest BCUT2D eigenvalue weighted by Crippen LogP contribution is 2.34. The summed E-state index contributed by atoms with van der Waals surface area (Å²) in [5.41, 5.74) is 7.43. The maximum absolute atomic E-state index is 4.64. The summed E-state index contributed by atoms with van der Waals surface area (Å²) in [7, 11) is 0. The summed E-state index contributed by atoms with van der Waals surface area (Å²) in [6.07, 6.45) is 7.88. The van der Waals surface area contributed by atoms with Crippen molar-refractivity contribution in [2.45, 2.75) is 18.8 Å². The first-order valence-electron chi connectivity index (χ1n) is 10.4. The van der Waals surface area contributed by atoms with Crippen LogP contribution in [0.25, 0.3) is 44.5 Å². The molecule has 5 aromatic rings. The van der Waals surface area contributed by atoms with E-state index in [1.165, 1.54) is 18.4 Å². The van der Waals surface area contributed by atoms with Crippen molar-refractivity contribution in [1.82, 2.24) is 30.5 Å². The smallest absolute Gasteiger partial charge is 0.138 e. The highest BCUT2D eigenvalue weighted by Gasteiger charge is 2.18. The van der Waals surface area contributed by atoms with Gasteiger partial charge in [0.25, 0.3) is 0 Å². The molecule has 0 saturated carbocycles. The molecule has 0 radical (unpaired) electrons. The van der Waals surface area contributed by atoms with E-state index in [0.717, 1.165) is 57.5 Å². The SMILES string of the molecule is c1cncc(-c2ccnc3[nH]c(-c4n[nH]c5ccc(C6CCNCC6)cc45)cc23)c1. The minimum Gasteiger partial charge on any atom is -0.338 e. The average Bonchev–Trinajstić information content (AvgIpc) is 3.43. The van der Waals surface area contributed by atoms with Crippen LogP contribution in [0, 0.1) is 0 Å². The van der Waals surface area contributed by atoms with Crippen molar-refractivity contribution in [3.8, 4) is 22.5 Å². The van der Waals surface area contributed by atoms with Crippen LogP contribution >= 0.6 is 0 Å². The van der Waals surface area contributed by atoms with Gasteiger partial charge in [-0.3, -0.25) is 10.1 Å². The number of nitrogens with one attached hydrogen (secondary N) is 3. The molecule has 30 heavy (non-hydrogen) atoms. The lowest BCUT2D eigenvalue weighted by atomic mass is 9.89. The Balaban J connectivity index is 1.47. The van der Waals surface area contributed by atoms with Crippen molar-refractivity contribution in [3.63, 3.8) is 0 Å². The van der Waals surface area contributed by atoms with Crippen LogP contribution in [0.4, 0.5) is 0 Å². The number of benzene rings is 1. The van der Waals surface area contributed by atoms with E-state index in [9.17, 15) is 0 Å². The van der Waals surface area contributed by atoms with Crippen LogP contribution in [-0.4, -0.2) is 38.2 Å². The van der Waals surface area contributed by atoms with Gasteiger partial charge < -0.3 is 10.3 Å². The monoisotopic (exact) mass is 394 g/mol. The topological polar surface area (TPSA) is 82.3 Å². The number of piperidine rings is 1. The van der Waals surface area contributed by atoms with Gasteiger partial charge >= 0.3 is 0 Å². The van der Waals surface area contributed by atoms with Crippen molar-refractivity contribution in [3.05, 3.63) is 66.6 Å². The quantitative estimate of drug-likeness (QED) is 0.416. The number of H-pyrrole nitrogens is 2. The molecule has 0 spiro atoms. The van der Waals surface area contributed by atoms with Crippen molar-refractivity contribution >= 4 is 21.9 Å². The van der Waals surface area contributed by atoms with E-state index in [1.54, 1.807) is 6.20 Å². The summed E-state index contributed by atoms with van der Waals surface area (Å²) in [5.74, 6) is 0.611. The summed E-state index contributed by atoms with van der Waals surface area (Å²) in [4.78, 5) is 12.3. The molecule has 6 heteroatoms. The lowest BCUT2D eigenvalue weighted by Gasteiger charge is -2.23. The van der Waals surface area contributed by atoms with E-state index >= 15 is 0 Å². The maximum atomic E-state index is 4.64. The summed E-state index contributed by atoms with van der Waals surface area (Å²) >= 11 is 0. The van der Waals surface area contributed by atoms with Crippen LogP contribution < -0.4 is 5.32 Å². The van der Waals surface area contributed by atoms with Crippen LogP contribution in [-0.2, 0) is 0 Å². The van der Waals surface area contributed by atoms with Crippen LogP contribution in [0.5, 0.6) is 0 Å². The lowest BCUT2D eigenvalue weighted by molar-refractivity contribution is 0.460. The van der Waals surface area contributed by atoms with E-state index in [1.807, 2.05) is 24.5 Å². The second-order valence-electron chi connectivity index (χ2n) is 7.95. The van der Waals surface area contributed by atoms with Crippen molar-refractivity contribution in [1.29, 1.82) is 0 Å². The van der Waals surface area contributed by atoms with Gasteiger partial charge in [-0.2, -0.15) is 5.10 Å². The van der Waals surface area contributed by atoms with Gasteiger partial charge in [-0.15, -0.1) is 0 Å². The van der Waals surface area contributed by atoms with E-state index in [4.69, 9.17) is 0 Å².